The molecule has 0 radical (unpaired) electrons. The molecule has 200 valence electrons. The predicted molar refractivity (Wildman–Crippen MR) is 140 cm³/mol. The molecule has 1 aliphatic heterocycles. The van der Waals surface area contributed by atoms with Crippen LogP contribution in [0.2, 0.25) is 0 Å². The van der Waals surface area contributed by atoms with Crippen molar-refractivity contribution in [2.45, 2.75) is 59.7 Å². The largest absolute Gasteiger partial charge is 0.445 e. The van der Waals surface area contributed by atoms with Crippen LogP contribution in [0.15, 0.2) is 48.5 Å². The highest BCUT2D eigenvalue weighted by Crippen LogP contribution is 2.30. The van der Waals surface area contributed by atoms with E-state index < -0.39 is 17.1 Å². The van der Waals surface area contributed by atoms with Crippen molar-refractivity contribution < 1.29 is 24.0 Å². The lowest BCUT2D eigenvalue weighted by atomic mass is 9.87. The molecule has 0 unspecified atom stereocenters. The number of nitro benzene ring substituents is 1. The van der Waals surface area contributed by atoms with Gasteiger partial charge in [0.2, 0.25) is 0 Å². The Bertz CT molecular complexity index is 1080. The molecule has 2 aromatic rings. The van der Waals surface area contributed by atoms with Crippen LogP contribution in [0.25, 0.3) is 0 Å². The number of rotatable bonds is 9. The van der Waals surface area contributed by atoms with Gasteiger partial charge in [0.1, 0.15) is 12.3 Å². The normalized spacial score (nSPS) is 14.1. The maximum absolute atomic E-state index is 13.1. The molecule has 0 aromatic heterocycles. The molecule has 0 aliphatic carbocycles. The number of hydrogen-bond acceptors (Lipinski definition) is 7. The molecule has 10 heteroatoms. The Labute approximate surface area is 217 Å². The third-order valence-electron chi connectivity index (χ3n) is 6.59. The van der Waals surface area contributed by atoms with Crippen LogP contribution >= 0.6 is 0 Å². The molecule has 1 atom stereocenters. The fourth-order valence-corrected chi connectivity index (χ4v) is 3.97. The Kier molecular flexibility index (Phi) is 9.32. The molecule has 1 saturated heterocycles. The Morgan fingerprint density at radius 2 is 1.76 bits per heavy atom. The van der Waals surface area contributed by atoms with Crippen molar-refractivity contribution in [2.75, 3.05) is 25.1 Å². The van der Waals surface area contributed by atoms with Gasteiger partial charge in [-0.15, -0.1) is 0 Å². The van der Waals surface area contributed by atoms with E-state index in [2.05, 4.69) is 5.32 Å². The van der Waals surface area contributed by atoms with Gasteiger partial charge >= 0.3 is 12.2 Å². The Morgan fingerprint density at radius 1 is 1.08 bits per heavy atom. The summed E-state index contributed by atoms with van der Waals surface area (Å²) in [4.78, 5) is 39.7. The van der Waals surface area contributed by atoms with E-state index in [1.54, 1.807) is 21.9 Å². The predicted octanol–water partition coefficient (Wildman–Crippen LogP) is 5.77. The van der Waals surface area contributed by atoms with Gasteiger partial charge in [-0.3, -0.25) is 10.1 Å². The van der Waals surface area contributed by atoms with Crippen molar-refractivity contribution in [3.8, 4) is 0 Å². The summed E-state index contributed by atoms with van der Waals surface area (Å²) in [7, 11) is 0. The lowest BCUT2D eigenvalue weighted by molar-refractivity contribution is -0.384. The number of hydrogen-bond donors (Lipinski definition) is 1. The van der Waals surface area contributed by atoms with Gasteiger partial charge in [0.25, 0.3) is 5.69 Å². The topological polar surface area (TPSA) is 114 Å². The van der Waals surface area contributed by atoms with Gasteiger partial charge in [0.15, 0.2) is 6.73 Å². The van der Waals surface area contributed by atoms with Crippen molar-refractivity contribution in [1.29, 1.82) is 0 Å². The molecule has 1 fully saturated rings. The van der Waals surface area contributed by atoms with E-state index in [9.17, 15) is 19.7 Å². The molecule has 37 heavy (non-hydrogen) atoms. The van der Waals surface area contributed by atoms with Crippen molar-refractivity contribution in [2.24, 2.45) is 5.41 Å². The Hall–Kier alpha value is -3.82. The first-order chi connectivity index (χ1) is 17.6. The first-order valence-corrected chi connectivity index (χ1v) is 12.5. The van der Waals surface area contributed by atoms with Gasteiger partial charge in [-0.2, -0.15) is 0 Å². The van der Waals surface area contributed by atoms with Crippen LogP contribution in [0.1, 0.15) is 51.7 Å². The van der Waals surface area contributed by atoms with Crippen LogP contribution in [-0.4, -0.2) is 52.8 Å². The van der Waals surface area contributed by atoms with Crippen molar-refractivity contribution in [1.82, 2.24) is 9.80 Å². The molecule has 10 nitrogen and oxygen atoms in total. The molecule has 0 saturated carbocycles. The highest BCUT2D eigenvalue weighted by atomic mass is 16.6. The van der Waals surface area contributed by atoms with E-state index in [-0.39, 0.29) is 42.7 Å². The quantitative estimate of drug-likeness (QED) is 0.258. The Morgan fingerprint density at radius 3 is 2.38 bits per heavy atom. The second-order valence-electron chi connectivity index (χ2n) is 10.2. The molecular weight excluding hydrogens is 476 g/mol. The van der Waals surface area contributed by atoms with Crippen molar-refractivity contribution in [3.05, 3.63) is 69.8 Å². The number of nitrogens with zero attached hydrogens (tertiary/aromatic N) is 3. The van der Waals surface area contributed by atoms with Crippen molar-refractivity contribution >= 4 is 23.6 Å². The third-order valence-corrected chi connectivity index (χ3v) is 6.59. The number of nitro groups is 1. The molecule has 0 spiro atoms. The molecule has 0 bridgehead atoms. The number of likely N-dealkylation sites (tertiary alicyclic amines) is 1. The number of benzene rings is 2. The second-order valence-corrected chi connectivity index (χ2v) is 10.2. The van der Waals surface area contributed by atoms with Crippen LogP contribution in [0, 0.1) is 15.5 Å². The van der Waals surface area contributed by atoms with E-state index in [1.165, 1.54) is 6.07 Å². The number of ether oxygens (including phenoxy) is 2. The van der Waals surface area contributed by atoms with Gasteiger partial charge in [-0.1, -0.05) is 57.2 Å². The molecule has 3 rings (SSSR count). The highest BCUT2D eigenvalue weighted by Gasteiger charge is 2.31. The zero-order valence-electron chi connectivity index (χ0n) is 21.9. The number of anilines is 1. The van der Waals surface area contributed by atoms with E-state index in [0.29, 0.717) is 18.7 Å². The minimum absolute atomic E-state index is 0.131. The van der Waals surface area contributed by atoms with Crippen LogP contribution in [0.5, 0.6) is 0 Å². The summed E-state index contributed by atoms with van der Waals surface area (Å²) < 4.78 is 10.8. The summed E-state index contributed by atoms with van der Waals surface area (Å²) >= 11 is 0. The maximum atomic E-state index is 13.1. The first kappa shape index (κ1) is 27.8. The van der Waals surface area contributed by atoms with Gasteiger partial charge in [0, 0.05) is 31.7 Å². The van der Waals surface area contributed by atoms with E-state index in [1.807, 2.05) is 58.0 Å². The summed E-state index contributed by atoms with van der Waals surface area (Å²) in [5.74, 6) is 0. The molecule has 1 heterocycles. The zero-order valence-corrected chi connectivity index (χ0v) is 21.9. The summed E-state index contributed by atoms with van der Waals surface area (Å²) in [6, 6.07) is 13.9. The van der Waals surface area contributed by atoms with Gasteiger partial charge in [-0.25, -0.2) is 9.59 Å². The SMILES string of the molecule is C[C@H](N(Cc1ccc(NCOC(=O)N2CCCC2)c([N+](=O)[O-])c1)C(=O)OCc1ccccc1)C(C)(C)C. The summed E-state index contributed by atoms with van der Waals surface area (Å²) in [5, 5.41) is 14.6. The summed E-state index contributed by atoms with van der Waals surface area (Å²) in [5.41, 5.74) is 1.26. The average molecular weight is 513 g/mol. The van der Waals surface area contributed by atoms with E-state index >= 15 is 0 Å². The smallest absolute Gasteiger partial charge is 0.411 e. The molecule has 1 aliphatic rings. The number of carbonyl (C=O) groups is 2. The molecule has 1 N–H and O–H groups in total. The number of nitrogens with one attached hydrogen (secondary N) is 1. The monoisotopic (exact) mass is 512 g/mol. The molecular formula is C27H36N4O6. The minimum atomic E-state index is -0.501. The zero-order chi connectivity index (χ0) is 27.0. The minimum Gasteiger partial charge on any atom is -0.445 e. The van der Waals surface area contributed by atoms with Gasteiger partial charge in [-0.05, 0) is 42.4 Å². The van der Waals surface area contributed by atoms with Crippen LogP contribution in [0.3, 0.4) is 0 Å². The highest BCUT2D eigenvalue weighted by molar-refractivity contribution is 5.69. The Balaban J connectivity index is 1.71. The van der Waals surface area contributed by atoms with Crippen LogP contribution < -0.4 is 5.32 Å². The molecule has 2 aromatic carbocycles. The van der Waals surface area contributed by atoms with Gasteiger partial charge in [0.05, 0.1) is 4.92 Å². The lowest BCUT2D eigenvalue weighted by Crippen LogP contribution is -2.45. The summed E-state index contributed by atoms with van der Waals surface area (Å²) in [6.07, 6.45) is 0.954. The van der Waals surface area contributed by atoms with E-state index in [0.717, 1.165) is 18.4 Å². The summed E-state index contributed by atoms with van der Waals surface area (Å²) in [6.45, 7) is 9.40. The van der Waals surface area contributed by atoms with E-state index in [4.69, 9.17) is 9.47 Å². The lowest BCUT2D eigenvalue weighted by Gasteiger charge is -2.37. The van der Waals surface area contributed by atoms with Gasteiger partial charge < -0.3 is 24.6 Å². The third kappa shape index (κ3) is 7.83. The number of amides is 2. The first-order valence-electron chi connectivity index (χ1n) is 12.5. The number of carbonyl (C=O) groups excluding carboxylic acids is 2. The maximum Gasteiger partial charge on any atom is 0.411 e. The second kappa shape index (κ2) is 12.4. The van der Waals surface area contributed by atoms with Crippen LogP contribution in [-0.2, 0) is 22.6 Å². The molecule has 2 amide bonds. The average Bonchev–Trinajstić information content (AvgIpc) is 3.41. The van der Waals surface area contributed by atoms with Crippen molar-refractivity contribution in [3.63, 3.8) is 0 Å². The fraction of sp³-hybridized carbons (Fsp3) is 0.481. The standard InChI is InChI=1S/C27H36N4O6/c1-20(27(2,3)4)30(26(33)36-18-21-10-6-5-7-11-21)17-22-12-13-23(24(16-22)31(34)35)28-19-37-25(32)29-14-8-9-15-29/h5-7,10-13,16,20,28H,8-9,14-15,17-19H2,1-4H3/t20-/m0/s1. The van der Waals surface area contributed by atoms with Crippen LogP contribution in [0.4, 0.5) is 21.0 Å². The fourth-order valence-electron chi connectivity index (χ4n) is 3.97.